The number of nitro groups is 2. The number of non-ortho nitro benzene ring substituents is 2. The summed E-state index contributed by atoms with van der Waals surface area (Å²) in [5, 5.41) is 31.5. The van der Waals surface area contributed by atoms with Crippen molar-refractivity contribution in [1.29, 1.82) is 0 Å². The van der Waals surface area contributed by atoms with Crippen LogP contribution in [0.15, 0.2) is 54.6 Å². The minimum Gasteiger partial charge on any atom is -0.399 e. The molecule has 0 radical (unpaired) electrons. The van der Waals surface area contributed by atoms with Gasteiger partial charge in [-0.1, -0.05) is 0 Å². The maximum absolute atomic E-state index is 11.9. The van der Waals surface area contributed by atoms with Crippen LogP contribution in [-0.2, 0) is 30.6 Å². The molecule has 4 N–H and O–H groups in total. The van der Waals surface area contributed by atoms with Gasteiger partial charge in [-0.15, -0.1) is 0 Å². The third-order valence-electron chi connectivity index (χ3n) is 8.66. The highest BCUT2D eigenvalue weighted by molar-refractivity contribution is 6.08. The Kier molecular flexibility index (Phi) is 10.4. The predicted octanol–water partition coefficient (Wildman–Crippen LogP) is 5.19. The molecule has 14 nitrogen and oxygen atoms in total. The summed E-state index contributed by atoms with van der Waals surface area (Å²) >= 11 is 0. The fourth-order valence-corrected chi connectivity index (χ4v) is 5.74. The summed E-state index contributed by atoms with van der Waals surface area (Å²) in [6.07, 6.45) is 0. The molecule has 256 valence electrons. The zero-order chi connectivity index (χ0) is 36.5. The fourth-order valence-electron chi connectivity index (χ4n) is 5.74. The average molecular weight is 663 g/mol. The van der Waals surface area contributed by atoms with Crippen LogP contribution < -0.4 is 20.9 Å². The number of aliphatic hydroxyl groups is 1. The molecule has 0 aromatic heterocycles. The highest BCUT2D eigenvalue weighted by atomic mass is 16.6. The first-order valence-electron chi connectivity index (χ1n) is 15.1. The van der Waals surface area contributed by atoms with E-state index < -0.39 is 26.1 Å². The Balaban J connectivity index is 0.000000188. The number of anilines is 4. The van der Waals surface area contributed by atoms with Gasteiger partial charge >= 0.3 is 0 Å². The quantitative estimate of drug-likeness (QED) is 0.187. The lowest BCUT2D eigenvalue weighted by molar-refractivity contribution is -0.385. The lowest BCUT2D eigenvalue weighted by Gasteiger charge is -2.16. The van der Waals surface area contributed by atoms with E-state index in [1.165, 1.54) is 24.3 Å². The number of likely N-dealkylation sites (N-methyl/N-ethyl adjacent to an activating group) is 2. The Morgan fingerprint density at radius 2 is 1.10 bits per heavy atom. The van der Waals surface area contributed by atoms with Gasteiger partial charge in [0.05, 0.1) is 26.1 Å². The van der Waals surface area contributed by atoms with Gasteiger partial charge in [-0.2, -0.15) is 0 Å². The Morgan fingerprint density at radius 1 is 0.708 bits per heavy atom. The number of rotatable bonds is 2. The van der Waals surface area contributed by atoms with Crippen LogP contribution in [0.2, 0.25) is 0 Å². The smallest absolute Gasteiger partial charge is 0.269 e. The first-order chi connectivity index (χ1) is 22.1. The van der Waals surface area contributed by atoms with E-state index in [-0.39, 0.29) is 35.7 Å². The molecule has 3 aliphatic rings. The van der Waals surface area contributed by atoms with E-state index in [1.54, 1.807) is 70.6 Å². The molecular weight excluding hydrogens is 620 g/mol. The van der Waals surface area contributed by atoms with Gasteiger partial charge in [0.1, 0.15) is 0 Å². The molecule has 3 heterocycles. The highest BCUT2D eigenvalue weighted by Crippen LogP contribution is 2.43. The fraction of sp³-hybridized carbons (Fsp3) is 0.382. The van der Waals surface area contributed by atoms with Gasteiger partial charge in [-0.05, 0) is 95.5 Å². The standard InChI is InChI=1S/C11H12N2O3.C11H14N2O.C10H10N2O3.C2H6O/c1-11(2)8-6-7(13(15)16)4-5-9(8)12(3)10(11)14;1-11(2)8-6-7(12)4-5-9(8)13(3)10(11)14;1-10(2)7-5-6(12(14)15)3-4-8(7)11-9(10)13;1-2-3/h4-6H,1-3H3;4-6H,12H2,1-3H3;3-5H,1-2H3,(H,11,13);3H,2H2,1H3. The van der Waals surface area contributed by atoms with Gasteiger partial charge in [-0.25, -0.2) is 0 Å². The number of benzene rings is 3. The van der Waals surface area contributed by atoms with E-state index in [1.807, 2.05) is 32.0 Å². The Morgan fingerprint density at radius 3 is 1.56 bits per heavy atom. The number of fused-ring (bicyclic) bond motifs is 3. The molecule has 0 aliphatic carbocycles. The van der Waals surface area contributed by atoms with Crippen LogP contribution in [-0.4, -0.2) is 53.4 Å². The molecule has 0 spiro atoms. The number of hydrogen-bond acceptors (Lipinski definition) is 9. The van der Waals surface area contributed by atoms with Crippen molar-refractivity contribution < 1.29 is 29.3 Å². The molecule has 0 saturated heterocycles. The van der Waals surface area contributed by atoms with Crippen molar-refractivity contribution in [1.82, 2.24) is 0 Å². The van der Waals surface area contributed by atoms with Gasteiger partial charge in [0, 0.05) is 67.7 Å². The SMILES string of the molecule is CC1(C)C(=O)Nc2ccc([N+](=O)[O-])cc21.CCO.CN1C(=O)C(C)(C)c2cc(N)ccc21.CN1C(=O)C(C)(C)c2cc([N+](=O)[O-])ccc21. The normalized spacial score (nSPS) is 16.9. The lowest BCUT2D eigenvalue weighted by atomic mass is 9.86. The van der Waals surface area contributed by atoms with E-state index in [0.717, 1.165) is 16.9 Å². The number of nitrogens with zero attached hydrogens (tertiary/aromatic N) is 4. The number of aliphatic hydroxyl groups excluding tert-OH is 1. The molecule has 0 atom stereocenters. The van der Waals surface area contributed by atoms with Crippen molar-refractivity contribution >= 4 is 51.8 Å². The topological polar surface area (TPSA) is 202 Å². The molecule has 14 heteroatoms. The molecule has 3 amide bonds. The molecule has 3 aliphatic heterocycles. The van der Waals surface area contributed by atoms with Crippen LogP contribution >= 0.6 is 0 Å². The second kappa shape index (κ2) is 13.4. The zero-order valence-corrected chi connectivity index (χ0v) is 28.6. The number of carbonyl (C=O) groups is 3. The first-order valence-corrected chi connectivity index (χ1v) is 15.1. The third-order valence-corrected chi connectivity index (χ3v) is 8.66. The van der Waals surface area contributed by atoms with Crippen molar-refractivity contribution in [2.45, 2.75) is 64.7 Å². The molecule has 0 fully saturated rings. The van der Waals surface area contributed by atoms with Gasteiger partial charge in [0.2, 0.25) is 17.7 Å². The molecular formula is C34H42N6O8. The average Bonchev–Trinajstić information content (AvgIpc) is 3.43. The van der Waals surface area contributed by atoms with Crippen molar-refractivity contribution in [3.63, 3.8) is 0 Å². The maximum Gasteiger partial charge on any atom is 0.269 e. The molecule has 6 rings (SSSR count). The summed E-state index contributed by atoms with van der Waals surface area (Å²) in [6.45, 7) is 12.8. The van der Waals surface area contributed by atoms with Crippen LogP contribution in [0.5, 0.6) is 0 Å². The van der Waals surface area contributed by atoms with Crippen LogP contribution in [0.3, 0.4) is 0 Å². The number of nitrogens with two attached hydrogens (primary N) is 1. The number of nitrogen functional groups attached to an aromatic ring is 1. The Hall–Kier alpha value is -5.37. The Labute approximate surface area is 278 Å². The summed E-state index contributed by atoms with van der Waals surface area (Å²) in [5.41, 5.74) is 9.43. The second-order valence-electron chi connectivity index (χ2n) is 13.1. The number of amides is 3. The van der Waals surface area contributed by atoms with E-state index in [2.05, 4.69) is 5.32 Å². The van der Waals surface area contributed by atoms with Crippen molar-refractivity contribution in [2.24, 2.45) is 0 Å². The van der Waals surface area contributed by atoms with Gasteiger partial charge in [0.15, 0.2) is 0 Å². The highest BCUT2D eigenvalue weighted by Gasteiger charge is 2.44. The van der Waals surface area contributed by atoms with E-state index >= 15 is 0 Å². The molecule has 0 unspecified atom stereocenters. The summed E-state index contributed by atoms with van der Waals surface area (Å²) in [4.78, 5) is 59.0. The van der Waals surface area contributed by atoms with E-state index in [4.69, 9.17) is 10.8 Å². The summed E-state index contributed by atoms with van der Waals surface area (Å²) in [5.74, 6) is -0.0425. The number of nitrogens with one attached hydrogen (secondary N) is 1. The zero-order valence-electron chi connectivity index (χ0n) is 28.6. The molecule has 3 aromatic carbocycles. The third kappa shape index (κ3) is 6.69. The van der Waals surface area contributed by atoms with Crippen molar-refractivity contribution in [3.05, 3.63) is 91.5 Å². The minimum atomic E-state index is -0.693. The van der Waals surface area contributed by atoms with Gasteiger partial charge in [-0.3, -0.25) is 34.6 Å². The van der Waals surface area contributed by atoms with Crippen molar-refractivity contribution in [3.8, 4) is 0 Å². The largest absolute Gasteiger partial charge is 0.399 e. The molecule has 3 aromatic rings. The van der Waals surface area contributed by atoms with E-state index in [0.29, 0.717) is 22.5 Å². The second-order valence-corrected chi connectivity index (χ2v) is 13.1. The maximum atomic E-state index is 11.9. The summed E-state index contributed by atoms with van der Waals surface area (Å²) in [6, 6.07) is 14.5. The minimum absolute atomic E-state index is 0.0123. The van der Waals surface area contributed by atoms with Gasteiger partial charge in [0.25, 0.3) is 11.4 Å². The summed E-state index contributed by atoms with van der Waals surface area (Å²) < 4.78 is 0. The van der Waals surface area contributed by atoms with Crippen LogP contribution in [0.4, 0.5) is 34.1 Å². The molecule has 0 bridgehead atoms. The molecule has 48 heavy (non-hydrogen) atoms. The van der Waals surface area contributed by atoms with Gasteiger partial charge < -0.3 is 26.0 Å². The van der Waals surface area contributed by atoms with Crippen LogP contribution in [0.1, 0.15) is 65.2 Å². The van der Waals surface area contributed by atoms with Crippen molar-refractivity contribution in [2.75, 3.05) is 41.6 Å². The van der Waals surface area contributed by atoms with E-state index in [9.17, 15) is 34.6 Å². The Bertz CT molecular complexity index is 1800. The predicted molar refractivity (Wildman–Crippen MR) is 184 cm³/mol. The van der Waals surface area contributed by atoms with Crippen LogP contribution in [0.25, 0.3) is 0 Å². The number of nitro benzene ring substituents is 2. The number of carbonyl (C=O) groups excluding carboxylic acids is 3. The summed E-state index contributed by atoms with van der Waals surface area (Å²) in [7, 11) is 3.48. The first kappa shape index (κ1) is 37.1. The lowest BCUT2D eigenvalue weighted by Crippen LogP contribution is -2.33. The number of hydrogen-bond donors (Lipinski definition) is 3. The van der Waals surface area contributed by atoms with Crippen LogP contribution in [0, 0.1) is 20.2 Å². The molecule has 0 saturated carbocycles. The monoisotopic (exact) mass is 662 g/mol.